The second-order valence-electron chi connectivity index (χ2n) is 2.93. The fraction of sp³-hybridized carbons (Fsp3) is 0.857. The third-order valence-electron chi connectivity index (χ3n) is 1.72. The molecule has 0 saturated heterocycles. The van der Waals surface area contributed by atoms with Gasteiger partial charge in [0.1, 0.15) is 0 Å². The number of hydrogen-bond acceptors (Lipinski definition) is 5. The molecule has 0 saturated carbocycles. The molecule has 16 heavy (non-hydrogen) atoms. The van der Waals surface area contributed by atoms with Gasteiger partial charge < -0.3 is 9.11 Å². The van der Waals surface area contributed by atoms with E-state index < -0.39 is 10.4 Å². The molecule has 0 rings (SSSR count). The molecule has 9 heteroatoms. The SMILES string of the molecule is CCN(CC)CC[NH2+]C(N)=[NH2+].O=S(=O)([O-])[O-]. The van der Waals surface area contributed by atoms with Crippen molar-refractivity contribution in [3.8, 4) is 0 Å². The molecule has 0 unspecified atom stereocenters. The third-order valence-corrected chi connectivity index (χ3v) is 1.72. The van der Waals surface area contributed by atoms with Crippen molar-refractivity contribution in [1.29, 1.82) is 0 Å². The zero-order chi connectivity index (χ0) is 13.2. The first kappa shape index (κ1) is 17.6. The minimum Gasteiger partial charge on any atom is -0.759 e. The Kier molecular flexibility index (Phi) is 10.5. The minimum absolute atomic E-state index is 0.428. The summed E-state index contributed by atoms with van der Waals surface area (Å²) in [5, 5.41) is 7.14. The van der Waals surface area contributed by atoms with Gasteiger partial charge in [0, 0.05) is 16.9 Å². The van der Waals surface area contributed by atoms with Crippen molar-refractivity contribution in [3.63, 3.8) is 0 Å². The first-order valence-electron chi connectivity index (χ1n) is 4.80. The smallest absolute Gasteiger partial charge is 0.434 e. The number of nitrogens with two attached hydrogens (primary N) is 3. The summed E-state index contributed by atoms with van der Waals surface area (Å²) in [5.41, 5.74) is 5.28. The zero-order valence-corrected chi connectivity index (χ0v) is 10.4. The first-order chi connectivity index (χ1) is 7.20. The zero-order valence-electron chi connectivity index (χ0n) is 9.55. The average Bonchev–Trinajstić information content (AvgIpc) is 2.09. The van der Waals surface area contributed by atoms with E-state index in [4.69, 9.17) is 28.7 Å². The van der Waals surface area contributed by atoms with Gasteiger partial charge in [0.2, 0.25) is 0 Å². The lowest BCUT2D eigenvalue weighted by molar-refractivity contribution is -0.568. The van der Waals surface area contributed by atoms with Crippen LogP contribution in [0.15, 0.2) is 0 Å². The fourth-order valence-electron chi connectivity index (χ4n) is 0.954. The van der Waals surface area contributed by atoms with E-state index in [-0.39, 0.29) is 0 Å². The number of likely N-dealkylation sites (N-methyl/N-ethyl adjacent to an activating group) is 1. The lowest BCUT2D eigenvalue weighted by Crippen LogP contribution is -2.97. The molecule has 0 aliphatic carbocycles. The Hall–Kier alpha value is -0.740. The highest BCUT2D eigenvalue weighted by Gasteiger charge is 2.02. The normalized spacial score (nSPS) is 10.8. The molecule has 0 amide bonds. The lowest BCUT2D eigenvalue weighted by atomic mass is 10.5. The van der Waals surface area contributed by atoms with Crippen LogP contribution >= 0.6 is 0 Å². The molecular weight excluding hydrogens is 236 g/mol. The Balaban J connectivity index is 0. The summed E-state index contributed by atoms with van der Waals surface area (Å²) in [4.78, 5) is 2.33. The Labute approximate surface area is 95.9 Å². The predicted molar refractivity (Wildman–Crippen MR) is 56.2 cm³/mol. The number of guanidine groups is 1. The molecular formula is C7H20N4O4S. The molecule has 0 heterocycles. The number of rotatable bonds is 5. The highest BCUT2D eigenvalue weighted by molar-refractivity contribution is 7.79. The molecule has 0 aliphatic rings. The van der Waals surface area contributed by atoms with Crippen LogP contribution in [-0.2, 0) is 10.4 Å². The Morgan fingerprint density at radius 1 is 1.38 bits per heavy atom. The summed E-state index contributed by atoms with van der Waals surface area (Å²) >= 11 is 0. The highest BCUT2D eigenvalue weighted by atomic mass is 32.3. The van der Waals surface area contributed by atoms with Crippen LogP contribution in [0.1, 0.15) is 13.8 Å². The van der Waals surface area contributed by atoms with Crippen LogP contribution in [-0.4, -0.2) is 54.6 Å². The largest absolute Gasteiger partial charge is 0.759 e. The van der Waals surface area contributed by atoms with E-state index in [0.717, 1.165) is 26.2 Å². The van der Waals surface area contributed by atoms with Gasteiger partial charge in [0.05, 0.1) is 6.54 Å². The number of nitrogens with zero attached hydrogens (tertiary/aromatic N) is 1. The van der Waals surface area contributed by atoms with Gasteiger partial charge in [-0.2, -0.15) is 0 Å². The molecule has 98 valence electrons. The fourth-order valence-corrected chi connectivity index (χ4v) is 0.954. The van der Waals surface area contributed by atoms with E-state index >= 15 is 0 Å². The standard InChI is InChI=1S/C7H18N4.H2O4S/c1-3-11(4-2)6-5-10-7(8)9;1-5(2,3)4/h3-6H2,1-2H3,(H4,8,9,10);(H2,1,2,3,4). The van der Waals surface area contributed by atoms with E-state index in [1.165, 1.54) is 0 Å². The van der Waals surface area contributed by atoms with Crippen LogP contribution in [0.2, 0.25) is 0 Å². The van der Waals surface area contributed by atoms with Crippen molar-refractivity contribution in [2.45, 2.75) is 13.8 Å². The second kappa shape index (κ2) is 9.48. The molecule has 0 aromatic rings. The summed E-state index contributed by atoms with van der Waals surface area (Å²) in [5.74, 6) is 0.428. The maximum atomic E-state index is 8.52. The van der Waals surface area contributed by atoms with E-state index in [2.05, 4.69) is 18.7 Å². The van der Waals surface area contributed by atoms with E-state index in [1.54, 1.807) is 0 Å². The van der Waals surface area contributed by atoms with Gasteiger partial charge in [-0.05, 0) is 13.1 Å². The third kappa shape index (κ3) is 23.2. The number of quaternary nitrogens is 1. The maximum absolute atomic E-state index is 8.52. The van der Waals surface area contributed by atoms with Crippen molar-refractivity contribution in [1.82, 2.24) is 4.90 Å². The molecule has 0 spiro atoms. The second-order valence-corrected chi connectivity index (χ2v) is 3.74. The molecule has 0 bridgehead atoms. The van der Waals surface area contributed by atoms with Crippen LogP contribution in [0.3, 0.4) is 0 Å². The average molecular weight is 256 g/mol. The molecule has 0 atom stereocenters. The van der Waals surface area contributed by atoms with E-state index in [0.29, 0.717) is 5.96 Å². The molecule has 0 aromatic heterocycles. The Morgan fingerprint density at radius 2 is 1.75 bits per heavy atom. The van der Waals surface area contributed by atoms with Crippen molar-refractivity contribution in [3.05, 3.63) is 0 Å². The van der Waals surface area contributed by atoms with Gasteiger partial charge >= 0.3 is 5.96 Å². The van der Waals surface area contributed by atoms with Gasteiger partial charge in [0.15, 0.2) is 0 Å². The van der Waals surface area contributed by atoms with Crippen molar-refractivity contribution in [2.75, 3.05) is 26.2 Å². The van der Waals surface area contributed by atoms with Crippen LogP contribution in [0, 0.1) is 0 Å². The van der Waals surface area contributed by atoms with Gasteiger partial charge in [-0.25, -0.2) is 16.5 Å². The van der Waals surface area contributed by atoms with Crippen LogP contribution < -0.4 is 16.5 Å². The van der Waals surface area contributed by atoms with Crippen LogP contribution in [0.4, 0.5) is 0 Å². The van der Waals surface area contributed by atoms with Gasteiger partial charge in [-0.1, -0.05) is 13.8 Å². The Morgan fingerprint density at radius 3 is 2.00 bits per heavy atom. The van der Waals surface area contributed by atoms with E-state index in [1.807, 2.05) is 5.32 Å². The summed E-state index contributed by atoms with van der Waals surface area (Å²) in [6, 6.07) is 0. The molecule has 0 radical (unpaired) electrons. The monoisotopic (exact) mass is 256 g/mol. The number of hydrogen-bond donors (Lipinski definition) is 3. The van der Waals surface area contributed by atoms with E-state index in [9.17, 15) is 0 Å². The molecule has 0 aromatic carbocycles. The first-order valence-corrected chi connectivity index (χ1v) is 6.14. The van der Waals surface area contributed by atoms with Crippen molar-refractivity contribution in [2.24, 2.45) is 5.73 Å². The van der Waals surface area contributed by atoms with Gasteiger partial charge in [-0.15, -0.1) is 0 Å². The maximum Gasteiger partial charge on any atom is 0.434 e. The predicted octanol–water partition coefficient (Wildman–Crippen LogP) is -4.37. The summed E-state index contributed by atoms with van der Waals surface area (Å²) in [6.07, 6.45) is 0. The van der Waals surface area contributed by atoms with Crippen LogP contribution in [0.25, 0.3) is 0 Å². The van der Waals surface area contributed by atoms with Gasteiger partial charge in [-0.3, -0.25) is 13.3 Å². The lowest BCUT2D eigenvalue weighted by Gasteiger charge is -2.15. The molecule has 0 aliphatic heterocycles. The van der Waals surface area contributed by atoms with Gasteiger partial charge in [0.25, 0.3) is 0 Å². The summed E-state index contributed by atoms with van der Waals surface area (Å²) in [6.45, 7) is 8.48. The van der Waals surface area contributed by atoms with Crippen LogP contribution in [0.5, 0.6) is 0 Å². The topological polar surface area (TPSA) is 152 Å². The summed E-state index contributed by atoms with van der Waals surface area (Å²) < 4.78 is 34.1. The minimum atomic E-state index is -5.17. The van der Waals surface area contributed by atoms with Crippen molar-refractivity contribution < 1.29 is 28.2 Å². The summed E-state index contributed by atoms with van der Waals surface area (Å²) in [7, 11) is -5.17. The molecule has 6 N–H and O–H groups in total. The molecule has 8 nitrogen and oxygen atoms in total. The van der Waals surface area contributed by atoms with Crippen molar-refractivity contribution >= 4 is 16.4 Å². The Bertz CT molecular complexity index is 268. The highest BCUT2D eigenvalue weighted by Crippen LogP contribution is 1.81. The quantitative estimate of drug-likeness (QED) is 0.195. The molecule has 0 fully saturated rings.